The van der Waals surface area contributed by atoms with Crippen LogP contribution in [0.15, 0.2) is 60.8 Å². The number of pyridine rings is 1. The lowest BCUT2D eigenvalue weighted by Gasteiger charge is -2.18. The van der Waals surface area contributed by atoms with E-state index in [1.54, 1.807) is 42.5 Å². The summed E-state index contributed by atoms with van der Waals surface area (Å²) in [5.41, 5.74) is 2.15. The third-order valence-electron chi connectivity index (χ3n) is 4.40. The molecular weight excluding hydrogens is 410 g/mol. The molecule has 8 heteroatoms. The minimum Gasteiger partial charge on any atom is -0.332 e. The van der Waals surface area contributed by atoms with Gasteiger partial charge in [-0.1, -0.05) is 35.9 Å². The maximum Gasteiger partial charge on any atom is 0.258 e. The molecule has 0 saturated heterocycles. The average molecular weight is 422 g/mol. The third kappa shape index (κ3) is 3.65. The number of carbonyl (C=O) groups excluding carboxylic acids is 3. The summed E-state index contributed by atoms with van der Waals surface area (Å²) in [6, 6.07) is 14.5. The van der Waals surface area contributed by atoms with Crippen LogP contribution >= 0.6 is 23.8 Å². The second kappa shape index (κ2) is 7.54. The summed E-state index contributed by atoms with van der Waals surface area (Å²) in [7, 11) is 0. The van der Waals surface area contributed by atoms with Crippen molar-refractivity contribution in [1.29, 1.82) is 0 Å². The van der Waals surface area contributed by atoms with Crippen molar-refractivity contribution < 1.29 is 14.4 Å². The SMILES string of the molecule is O=C(NC(=S)Nc1ccc2c(c1)C(=O)c1ccccc1C2=O)c1ccc(Cl)nc1. The summed E-state index contributed by atoms with van der Waals surface area (Å²) in [5, 5.41) is 5.70. The topological polar surface area (TPSA) is 88.2 Å². The molecule has 2 aromatic carbocycles. The Labute approximate surface area is 175 Å². The number of aromatic nitrogens is 1. The van der Waals surface area contributed by atoms with Crippen molar-refractivity contribution >= 4 is 52.1 Å². The highest BCUT2D eigenvalue weighted by molar-refractivity contribution is 7.80. The number of thiocarbonyl (C=S) groups is 1. The Morgan fingerprint density at radius 3 is 2.21 bits per heavy atom. The van der Waals surface area contributed by atoms with Crippen LogP contribution < -0.4 is 10.6 Å². The van der Waals surface area contributed by atoms with E-state index >= 15 is 0 Å². The highest BCUT2D eigenvalue weighted by Crippen LogP contribution is 2.29. The number of hydrogen-bond acceptors (Lipinski definition) is 5. The zero-order valence-corrected chi connectivity index (χ0v) is 16.3. The van der Waals surface area contributed by atoms with Crippen LogP contribution in [-0.2, 0) is 0 Å². The second-order valence-electron chi connectivity index (χ2n) is 6.24. The number of halogens is 1. The molecule has 0 atom stereocenters. The van der Waals surface area contributed by atoms with Crippen LogP contribution in [0.2, 0.25) is 5.15 Å². The Morgan fingerprint density at radius 2 is 1.55 bits per heavy atom. The van der Waals surface area contributed by atoms with Crippen molar-refractivity contribution in [2.45, 2.75) is 0 Å². The number of nitrogens with zero attached hydrogens (tertiary/aromatic N) is 1. The van der Waals surface area contributed by atoms with E-state index in [0.717, 1.165) is 0 Å². The first kappa shape index (κ1) is 18.9. The molecule has 0 spiro atoms. The van der Waals surface area contributed by atoms with E-state index in [1.807, 2.05) is 0 Å². The molecule has 0 saturated carbocycles. The molecule has 1 aliphatic rings. The van der Waals surface area contributed by atoms with Crippen LogP contribution in [0.25, 0.3) is 0 Å². The number of carbonyl (C=O) groups is 3. The lowest BCUT2D eigenvalue weighted by molar-refractivity contribution is 0.0976. The van der Waals surface area contributed by atoms with Gasteiger partial charge in [0.1, 0.15) is 5.15 Å². The number of rotatable bonds is 2. The number of fused-ring (bicyclic) bond motifs is 2. The zero-order valence-electron chi connectivity index (χ0n) is 14.7. The van der Waals surface area contributed by atoms with Gasteiger partial charge in [-0.2, -0.15) is 0 Å². The predicted octanol–water partition coefficient (Wildman–Crippen LogP) is 3.64. The summed E-state index contributed by atoms with van der Waals surface area (Å²) in [5.74, 6) is -0.890. The van der Waals surface area contributed by atoms with E-state index in [9.17, 15) is 14.4 Å². The van der Waals surface area contributed by atoms with E-state index in [0.29, 0.717) is 27.9 Å². The molecule has 3 aromatic rings. The van der Waals surface area contributed by atoms with Gasteiger partial charge < -0.3 is 5.32 Å². The number of benzene rings is 2. The first-order valence-electron chi connectivity index (χ1n) is 8.50. The second-order valence-corrected chi connectivity index (χ2v) is 7.04. The number of amides is 1. The van der Waals surface area contributed by atoms with Gasteiger partial charge in [-0.3, -0.25) is 19.7 Å². The van der Waals surface area contributed by atoms with Gasteiger partial charge >= 0.3 is 0 Å². The molecule has 0 aliphatic heterocycles. The highest BCUT2D eigenvalue weighted by atomic mass is 35.5. The van der Waals surface area contributed by atoms with Crippen LogP contribution in [-0.4, -0.2) is 27.6 Å². The first-order chi connectivity index (χ1) is 13.9. The van der Waals surface area contributed by atoms with Gasteiger partial charge in [-0.25, -0.2) is 4.98 Å². The minimum atomic E-state index is -0.454. The molecule has 29 heavy (non-hydrogen) atoms. The van der Waals surface area contributed by atoms with Gasteiger partial charge in [0.15, 0.2) is 16.7 Å². The number of ketones is 2. The van der Waals surface area contributed by atoms with Gasteiger partial charge in [0.2, 0.25) is 0 Å². The fraction of sp³-hybridized carbons (Fsp3) is 0. The summed E-state index contributed by atoms with van der Waals surface area (Å²) < 4.78 is 0. The fourth-order valence-corrected chi connectivity index (χ4v) is 3.35. The van der Waals surface area contributed by atoms with Gasteiger partial charge in [-0.05, 0) is 42.5 Å². The Hall–Kier alpha value is -3.42. The maximum atomic E-state index is 12.8. The van der Waals surface area contributed by atoms with Crippen LogP contribution in [0, 0.1) is 0 Å². The summed E-state index contributed by atoms with van der Waals surface area (Å²) in [6.45, 7) is 0. The van der Waals surface area contributed by atoms with Gasteiger partial charge in [0, 0.05) is 34.1 Å². The summed E-state index contributed by atoms with van der Waals surface area (Å²) in [4.78, 5) is 41.5. The standard InChI is InChI=1S/C21H12ClN3O3S/c22-17-8-5-11(10-23-17)20(28)25-21(29)24-12-6-7-15-16(9-12)19(27)14-4-2-1-3-13(14)18(15)26/h1-10H,(H2,24,25,28,29). The van der Waals surface area contributed by atoms with E-state index in [2.05, 4.69) is 15.6 Å². The molecule has 0 bridgehead atoms. The van der Waals surface area contributed by atoms with Crippen molar-refractivity contribution in [3.63, 3.8) is 0 Å². The minimum absolute atomic E-state index is 0.0416. The Bertz CT molecular complexity index is 1190. The number of hydrogen-bond donors (Lipinski definition) is 2. The van der Waals surface area contributed by atoms with Crippen molar-refractivity contribution in [3.05, 3.63) is 93.8 Å². The molecule has 0 fully saturated rings. The molecule has 6 nitrogen and oxygen atoms in total. The molecular formula is C21H12ClN3O3S. The molecule has 0 unspecified atom stereocenters. The average Bonchev–Trinajstić information content (AvgIpc) is 2.72. The summed E-state index contributed by atoms with van der Waals surface area (Å²) in [6.07, 6.45) is 1.33. The maximum absolute atomic E-state index is 12.8. The monoisotopic (exact) mass is 421 g/mol. The van der Waals surface area contributed by atoms with Crippen molar-refractivity contribution in [1.82, 2.24) is 10.3 Å². The Morgan fingerprint density at radius 1 is 0.897 bits per heavy atom. The highest BCUT2D eigenvalue weighted by Gasteiger charge is 2.29. The van der Waals surface area contributed by atoms with Crippen molar-refractivity contribution in [2.24, 2.45) is 0 Å². The molecule has 1 aromatic heterocycles. The van der Waals surface area contributed by atoms with Crippen LogP contribution in [0.4, 0.5) is 5.69 Å². The molecule has 2 N–H and O–H groups in total. The van der Waals surface area contributed by atoms with Crippen LogP contribution in [0.1, 0.15) is 42.2 Å². The normalized spacial score (nSPS) is 12.0. The molecule has 1 heterocycles. The Balaban J connectivity index is 1.53. The lowest BCUT2D eigenvalue weighted by Crippen LogP contribution is -2.34. The number of anilines is 1. The van der Waals surface area contributed by atoms with Gasteiger partial charge in [-0.15, -0.1) is 0 Å². The van der Waals surface area contributed by atoms with Crippen molar-refractivity contribution in [2.75, 3.05) is 5.32 Å². The smallest absolute Gasteiger partial charge is 0.258 e. The fourth-order valence-electron chi connectivity index (χ4n) is 3.02. The predicted molar refractivity (Wildman–Crippen MR) is 113 cm³/mol. The van der Waals surface area contributed by atoms with Gasteiger partial charge in [0.05, 0.1) is 5.56 Å². The lowest BCUT2D eigenvalue weighted by atomic mass is 9.84. The zero-order chi connectivity index (χ0) is 20.5. The van der Waals surface area contributed by atoms with E-state index in [-0.39, 0.29) is 27.4 Å². The third-order valence-corrected chi connectivity index (χ3v) is 4.83. The molecule has 0 radical (unpaired) electrons. The molecule has 1 aliphatic carbocycles. The van der Waals surface area contributed by atoms with Gasteiger partial charge in [0.25, 0.3) is 5.91 Å². The molecule has 1 amide bonds. The van der Waals surface area contributed by atoms with E-state index < -0.39 is 5.91 Å². The Kier molecular flexibility index (Phi) is 4.92. The first-order valence-corrected chi connectivity index (χ1v) is 9.29. The van der Waals surface area contributed by atoms with E-state index in [4.69, 9.17) is 23.8 Å². The van der Waals surface area contributed by atoms with Crippen LogP contribution in [0.5, 0.6) is 0 Å². The van der Waals surface area contributed by atoms with Crippen LogP contribution in [0.3, 0.4) is 0 Å². The van der Waals surface area contributed by atoms with Crippen molar-refractivity contribution in [3.8, 4) is 0 Å². The summed E-state index contributed by atoms with van der Waals surface area (Å²) >= 11 is 10.9. The number of nitrogens with one attached hydrogen (secondary N) is 2. The molecule has 4 rings (SSSR count). The van der Waals surface area contributed by atoms with E-state index in [1.165, 1.54) is 18.3 Å². The quantitative estimate of drug-likeness (QED) is 0.379. The largest absolute Gasteiger partial charge is 0.332 e. The molecule has 142 valence electrons.